The second-order valence-corrected chi connectivity index (χ2v) is 8.57. The van der Waals surface area contributed by atoms with E-state index in [0.717, 1.165) is 23.4 Å². The maximum atomic E-state index is 13.1. The van der Waals surface area contributed by atoms with Gasteiger partial charge in [-0.1, -0.05) is 54.1 Å². The lowest BCUT2D eigenvalue weighted by Crippen LogP contribution is -2.33. The van der Waals surface area contributed by atoms with Crippen LogP contribution in [0.25, 0.3) is 0 Å². The third-order valence-corrected chi connectivity index (χ3v) is 5.83. The largest absolute Gasteiger partial charge is 0.460 e. The molecule has 0 saturated carbocycles. The van der Waals surface area contributed by atoms with Crippen molar-refractivity contribution in [2.75, 3.05) is 6.54 Å². The molecular weight excluding hydrogens is 412 g/mol. The molecule has 0 aliphatic heterocycles. The zero-order valence-electron chi connectivity index (χ0n) is 18.5. The second kappa shape index (κ2) is 11.8. The number of nitrogens with one attached hydrogen (secondary N) is 1. The Labute approximate surface area is 190 Å². The van der Waals surface area contributed by atoms with E-state index in [9.17, 15) is 9.90 Å². The maximum Gasteiger partial charge on any atom is 0.312 e. The normalized spacial score (nSPS) is 13.0. The topological polar surface area (TPSA) is 84.6 Å². The Hall–Kier alpha value is -2.50. The summed E-state index contributed by atoms with van der Waals surface area (Å²) in [6.07, 6.45) is 3.07. The van der Waals surface area contributed by atoms with Gasteiger partial charge in [-0.2, -0.15) is 0 Å². The van der Waals surface area contributed by atoms with Crippen LogP contribution in [0.3, 0.4) is 0 Å². The first-order valence-electron chi connectivity index (χ1n) is 10.6. The standard InChI is InChI=1S/C25H33ClN2O3/c1-4-28-15-21(27)11-12-22(19-10-13-23(26)20(14-19)16-29)25(2,3)24(30)31-17-18-8-6-5-7-9-18/h5-10,13-15,22,28-29H,4,11-12,16-17,27H2,1-3H3/b21-15-. The van der Waals surface area contributed by atoms with Gasteiger partial charge in [0.25, 0.3) is 0 Å². The number of benzene rings is 2. The predicted molar refractivity (Wildman–Crippen MR) is 125 cm³/mol. The highest BCUT2D eigenvalue weighted by Crippen LogP contribution is 2.41. The highest BCUT2D eigenvalue weighted by molar-refractivity contribution is 6.31. The van der Waals surface area contributed by atoms with Crippen LogP contribution < -0.4 is 11.1 Å². The van der Waals surface area contributed by atoms with Crippen molar-refractivity contribution in [1.82, 2.24) is 5.32 Å². The lowest BCUT2D eigenvalue weighted by atomic mass is 9.72. The van der Waals surface area contributed by atoms with Crippen molar-refractivity contribution in [1.29, 1.82) is 0 Å². The van der Waals surface area contributed by atoms with Crippen molar-refractivity contribution >= 4 is 17.6 Å². The molecule has 0 radical (unpaired) electrons. The van der Waals surface area contributed by atoms with Crippen molar-refractivity contribution in [3.8, 4) is 0 Å². The number of carbonyl (C=O) groups is 1. The average Bonchev–Trinajstić information content (AvgIpc) is 2.77. The number of allylic oxidation sites excluding steroid dienone is 1. The van der Waals surface area contributed by atoms with E-state index in [4.69, 9.17) is 22.1 Å². The molecule has 0 amide bonds. The van der Waals surface area contributed by atoms with Crippen molar-refractivity contribution in [3.63, 3.8) is 0 Å². The lowest BCUT2D eigenvalue weighted by Gasteiger charge is -2.33. The van der Waals surface area contributed by atoms with Gasteiger partial charge in [0.2, 0.25) is 0 Å². The fourth-order valence-corrected chi connectivity index (χ4v) is 3.72. The monoisotopic (exact) mass is 444 g/mol. The molecule has 168 valence electrons. The van der Waals surface area contributed by atoms with Crippen molar-refractivity contribution in [2.45, 2.75) is 52.7 Å². The number of nitrogens with two attached hydrogens (primary N) is 1. The Bertz CT molecular complexity index is 882. The van der Waals surface area contributed by atoms with Gasteiger partial charge in [-0.15, -0.1) is 0 Å². The Morgan fingerprint density at radius 2 is 1.97 bits per heavy atom. The summed E-state index contributed by atoms with van der Waals surface area (Å²) in [6, 6.07) is 15.1. The molecule has 2 aromatic carbocycles. The van der Waals surface area contributed by atoms with Gasteiger partial charge >= 0.3 is 5.97 Å². The predicted octanol–water partition coefficient (Wildman–Crippen LogP) is 4.88. The van der Waals surface area contributed by atoms with Crippen LogP contribution in [-0.2, 0) is 22.7 Å². The van der Waals surface area contributed by atoms with E-state index in [0.29, 0.717) is 23.4 Å². The fraction of sp³-hybridized carbons (Fsp3) is 0.400. The number of esters is 1. The molecule has 0 aliphatic carbocycles. The number of hydrogen-bond donors (Lipinski definition) is 3. The number of halogens is 1. The van der Waals surface area contributed by atoms with Crippen LogP contribution in [0.4, 0.5) is 0 Å². The quantitative estimate of drug-likeness (QED) is 0.430. The zero-order chi connectivity index (χ0) is 22.9. The fourth-order valence-electron chi connectivity index (χ4n) is 3.54. The van der Waals surface area contributed by atoms with Crippen molar-refractivity contribution in [2.24, 2.45) is 11.1 Å². The minimum absolute atomic E-state index is 0.166. The summed E-state index contributed by atoms with van der Waals surface area (Å²) in [7, 11) is 0. The number of carbonyl (C=O) groups excluding carboxylic acids is 1. The average molecular weight is 445 g/mol. The van der Waals surface area contributed by atoms with E-state index in [1.807, 2.05) is 63.2 Å². The van der Waals surface area contributed by atoms with Crippen LogP contribution in [0.15, 0.2) is 60.4 Å². The Balaban J connectivity index is 2.27. The first-order chi connectivity index (χ1) is 14.8. The minimum atomic E-state index is -0.812. The summed E-state index contributed by atoms with van der Waals surface area (Å²) < 4.78 is 5.67. The molecule has 0 aromatic heterocycles. The van der Waals surface area contributed by atoms with E-state index in [2.05, 4.69) is 5.32 Å². The SMILES string of the molecule is CCN/C=C(\N)CCC(c1ccc(Cl)c(CO)c1)C(C)(C)C(=O)OCc1ccccc1. The molecule has 0 saturated heterocycles. The van der Waals surface area contributed by atoms with Gasteiger partial charge < -0.3 is 20.9 Å². The van der Waals surface area contributed by atoms with Gasteiger partial charge in [-0.25, -0.2) is 0 Å². The van der Waals surface area contributed by atoms with Crippen molar-refractivity contribution < 1.29 is 14.6 Å². The Morgan fingerprint density at radius 3 is 2.61 bits per heavy atom. The van der Waals surface area contributed by atoms with E-state index < -0.39 is 5.41 Å². The molecule has 5 nitrogen and oxygen atoms in total. The van der Waals surface area contributed by atoms with E-state index in [1.165, 1.54) is 0 Å². The summed E-state index contributed by atoms with van der Waals surface area (Å²) in [6.45, 7) is 6.63. The summed E-state index contributed by atoms with van der Waals surface area (Å²) in [4.78, 5) is 13.1. The lowest BCUT2D eigenvalue weighted by molar-refractivity contribution is -0.156. The van der Waals surface area contributed by atoms with E-state index >= 15 is 0 Å². The van der Waals surface area contributed by atoms with Crippen LogP contribution in [0.5, 0.6) is 0 Å². The van der Waals surface area contributed by atoms with Gasteiger partial charge in [0.05, 0.1) is 12.0 Å². The number of hydrogen-bond acceptors (Lipinski definition) is 5. The van der Waals surface area contributed by atoms with Crippen LogP contribution in [0.1, 0.15) is 56.2 Å². The van der Waals surface area contributed by atoms with Crippen LogP contribution in [0.2, 0.25) is 5.02 Å². The summed E-state index contributed by atoms with van der Waals surface area (Å²) in [5.41, 5.74) is 8.54. The zero-order valence-corrected chi connectivity index (χ0v) is 19.3. The number of ether oxygens (including phenoxy) is 1. The summed E-state index contributed by atoms with van der Waals surface area (Å²) in [5, 5.41) is 13.3. The van der Waals surface area contributed by atoms with E-state index in [-0.39, 0.29) is 25.1 Å². The highest BCUT2D eigenvalue weighted by Gasteiger charge is 2.39. The summed E-state index contributed by atoms with van der Waals surface area (Å²) in [5.74, 6) is -0.456. The molecule has 0 spiro atoms. The second-order valence-electron chi connectivity index (χ2n) is 8.16. The van der Waals surface area contributed by atoms with Crippen LogP contribution >= 0.6 is 11.6 Å². The van der Waals surface area contributed by atoms with Gasteiger partial charge in [-0.3, -0.25) is 4.79 Å². The molecule has 6 heteroatoms. The number of aliphatic hydroxyl groups is 1. The molecule has 2 aromatic rings. The van der Waals surface area contributed by atoms with Gasteiger partial charge in [-0.05, 0) is 62.3 Å². The Morgan fingerprint density at radius 1 is 1.26 bits per heavy atom. The first kappa shape index (κ1) is 24.8. The van der Waals surface area contributed by atoms with E-state index in [1.54, 1.807) is 12.3 Å². The molecule has 1 atom stereocenters. The third kappa shape index (κ3) is 7.01. The minimum Gasteiger partial charge on any atom is -0.460 e. The summed E-state index contributed by atoms with van der Waals surface area (Å²) >= 11 is 6.19. The Kier molecular flexibility index (Phi) is 9.41. The smallest absolute Gasteiger partial charge is 0.312 e. The van der Waals surface area contributed by atoms with Gasteiger partial charge in [0.1, 0.15) is 6.61 Å². The van der Waals surface area contributed by atoms with Gasteiger partial charge in [0.15, 0.2) is 0 Å². The van der Waals surface area contributed by atoms with Crippen LogP contribution in [-0.4, -0.2) is 17.6 Å². The molecule has 0 fully saturated rings. The third-order valence-electron chi connectivity index (χ3n) is 5.47. The molecular formula is C25H33ClN2O3. The first-order valence-corrected chi connectivity index (χ1v) is 11.0. The molecule has 4 N–H and O–H groups in total. The molecule has 0 aliphatic rings. The highest BCUT2D eigenvalue weighted by atomic mass is 35.5. The van der Waals surface area contributed by atoms with Crippen molar-refractivity contribution in [3.05, 3.63) is 82.1 Å². The number of aliphatic hydroxyl groups excluding tert-OH is 1. The molecule has 2 rings (SSSR count). The molecule has 0 bridgehead atoms. The molecule has 31 heavy (non-hydrogen) atoms. The number of rotatable bonds is 11. The molecule has 0 heterocycles. The molecule has 1 unspecified atom stereocenters. The van der Waals surface area contributed by atoms with Crippen LogP contribution in [0, 0.1) is 5.41 Å². The van der Waals surface area contributed by atoms with Gasteiger partial charge in [0, 0.05) is 23.5 Å². The maximum absolute atomic E-state index is 13.1.